The van der Waals surface area contributed by atoms with E-state index >= 15 is 0 Å². The number of hydrogen-bond donors (Lipinski definition) is 1. The molecule has 0 saturated carbocycles. The molecule has 0 bridgehead atoms. The molecule has 0 radical (unpaired) electrons. The number of aromatic nitrogens is 4. The fraction of sp³-hybridized carbons (Fsp3) is 0.353. The van der Waals surface area contributed by atoms with Crippen molar-refractivity contribution >= 4 is 11.6 Å². The van der Waals surface area contributed by atoms with Gasteiger partial charge in [-0.2, -0.15) is 9.50 Å². The van der Waals surface area contributed by atoms with Crippen molar-refractivity contribution < 1.29 is 0 Å². The van der Waals surface area contributed by atoms with Gasteiger partial charge >= 0.3 is 0 Å². The van der Waals surface area contributed by atoms with Crippen LogP contribution in [0.25, 0.3) is 5.78 Å². The molecule has 0 spiro atoms. The second-order valence-electron chi connectivity index (χ2n) is 5.41. The van der Waals surface area contributed by atoms with E-state index in [1.54, 1.807) is 0 Å². The number of nitrogens with zero attached hydrogens (tertiary/aromatic N) is 4. The third-order valence-corrected chi connectivity index (χ3v) is 3.80. The highest BCUT2D eigenvalue weighted by atomic mass is 15.4. The molecule has 1 N–H and O–H groups in total. The number of aryl methyl sites for hydroxylation is 2. The first-order valence-corrected chi connectivity index (χ1v) is 7.69. The van der Waals surface area contributed by atoms with Gasteiger partial charge in [-0.25, -0.2) is 4.98 Å². The van der Waals surface area contributed by atoms with Crippen LogP contribution in [0.2, 0.25) is 0 Å². The van der Waals surface area contributed by atoms with E-state index in [2.05, 4.69) is 51.6 Å². The van der Waals surface area contributed by atoms with Crippen molar-refractivity contribution in [1.82, 2.24) is 19.6 Å². The largest absolute Gasteiger partial charge is 0.369 e. The molecule has 1 aromatic carbocycles. The fourth-order valence-corrected chi connectivity index (χ4v) is 2.72. The summed E-state index contributed by atoms with van der Waals surface area (Å²) in [6.07, 6.45) is 1.89. The van der Waals surface area contributed by atoms with Crippen LogP contribution in [0.5, 0.6) is 0 Å². The highest BCUT2D eigenvalue weighted by molar-refractivity contribution is 5.53. The second kappa shape index (κ2) is 6.13. The van der Waals surface area contributed by atoms with E-state index < -0.39 is 0 Å². The minimum absolute atomic E-state index is 0.661. The molecule has 0 atom stereocenters. The van der Waals surface area contributed by atoms with Gasteiger partial charge in [-0.05, 0) is 32.3 Å². The van der Waals surface area contributed by atoms with Crippen molar-refractivity contribution in [2.45, 2.75) is 33.6 Å². The molecule has 2 aromatic heterocycles. The molecule has 3 aromatic rings. The van der Waals surface area contributed by atoms with Crippen molar-refractivity contribution in [1.29, 1.82) is 0 Å². The van der Waals surface area contributed by atoms with Gasteiger partial charge in [0.25, 0.3) is 5.78 Å². The van der Waals surface area contributed by atoms with Crippen LogP contribution in [0.3, 0.4) is 0 Å². The van der Waals surface area contributed by atoms with E-state index in [-0.39, 0.29) is 0 Å². The molecule has 0 unspecified atom stereocenters. The Balaban J connectivity index is 1.88. The average molecular weight is 295 g/mol. The summed E-state index contributed by atoms with van der Waals surface area (Å²) in [6.45, 7) is 6.92. The van der Waals surface area contributed by atoms with Crippen LogP contribution in [0.1, 0.15) is 29.6 Å². The minimum Gasteiger partial charge on any atom is -0.369 e. The Morgan fingerprint density at radius 1 is 1.09 bits per heavy atom. The number of anilines is 1. The predicted octanol–water partition coefficient (Wildman–Crippen LogP) is 2.96. The summed E-state index contributed by atoms with van der Waals surface area (Å²) >= 11 is 0. The lowest BCUT2D eigenvalue weighted by Crippen LogP contribution is -2.13. The molecule has 22 heavy (non-hydrogen) atoms. The summed E-state index contributed by atoms with van der Waals surface area (Å²) in [5.41, 5.74) is 3.54. The van der Waals surface area contributed by atoms with Gasteiger partial charge in [-0.15, -0.1) is 5.10 Å². The molecule has 5 heteroatoms. The molecule has 0 saturated heterocycles. The smallest absolute Gasteiger partial charge is 0.254 e. The monoisotopic (exact) mass is 295 g/mol. The van der Waals surface area contributed by atoms with Crippen LogP contribution >= 0.6 is 0 Å². The van der Waals surface area contributed by atoms with E-state index in [4.69, 9.17) is 0 Å². The molecule has 3 rings (SSSR count). The Bertz CT molecular complexity index is 777. The van der Waals surface area contributed by atoms with E-state index in [1.165, 1.54) is 11.1 Å². The molecule has 5 nitrogen and oxygen atoms in total. The molecule has 0 amide bonds. The van der Waals surface area contributed by atoms with Crippen molar-refractivity contribution in [2.75, 3.05) is 11.9 Å². The highest BCUT2D eigenvalue weighted by Gasteiger charge is 2.13. The second-order valence-corrected chi connectivity index (χ2v) is 5.41. The van der Waals surface area contributed by atoms with Gasteiger partial charge in [0.05, 0.1) is 0 Å². The van der Waals surface area contributed by atoms with E-state index in [0.29, 0.717) is 5.78 Å². The summed E-state index contributed by atoms with van der Waals surface area (Å²) in [4.78, 5) is 8.92. The lowest BCUT2D eigenvalue weighted by atomic mass is 10.1. The van der Waals surface area contributed by atoms with Crippen LogP contribution in [-0.2, 0) is 12.8 Å². The first-order valence-electron chi connectivity index (χ1n) is 7.69. The van der Waals surface area contributed by atoms with E-state index in [0.717, 1.165) is 36.7 Å². The Hall–Kier alpha value is -2.43. The summed E-state index contributed by atoms with van der Waals surface area (Å²) in [7, 11) is 0. The zero-order valence-electron chi connectivity index (χ0n) is 13.3. The number of hydrogen-bond acceptors (Lipinski definition) is 4. The lowest BCUT2D eigenvalue weighted by molar-refractivity contribution is 0.867. The lowest BCUT2D eigenvalue weighted by Gasteiger charge is -2.14. The van der Waals surface area contributed by atoms with Crippen LogP contribution in [-0.4, -0.2) is 26.1 Å². The normalized spacial score (nSPS) is 11.0. The molecule has 0 aliphatic rings. The number of benzene rings is 1. The quantitative estimate of drug-likeness (QED) is 0.786. The van der Waals surface area contributed by atoms with Gasteiger partial charge < -0.3 is 5.32 Å². The molecular formula is C17H21N5. The maximum atomic E-state index is 4.54. The number of fused-ring (bicyclic) bond motifs is 1. The maximum absolute atomic E-state index is 4.54. The van der Waals surface area contributed by atoms with Gasteiger partial charge in [0.1, 0.15) is 11.6 Å². The van der Waals surface area contributed by atoms with Gasteiger partial charge in [0, 0.05) is 17.8 Å². The molecular weight excluding hydrogens is 274 g/mol. The van der Waals surface area contributed by atoms with Crippen molar-refractivity contribution in [2.24, 2.45) is 0 Å². The first kappa shape index (κ1) is 14.5. The molecule has 0 aliphatic heterocycles. The van der Waals surface area contributed by atoms with Crippen LogP contribution in [0, 0.1) is 13.8 Å². The summed E-state index contributed by atoms with van der Waals surface area (Å²) in [5, 5.41) is 8.00. The summed E-state index contributed by atoms with van der Waals surface area (Å²) < 4.78 is 1.83. The highest BCUT2D eigenvalue weighted by Crippen LogP contribution is 2.20. The van der Waals surface area contributed by atoms with Crippen LogP contribution in [0.4, 0.5) is 5.82 Å². The van der Waals surface area contributed by atoms with Crippen molar-refractivity contribution in [3.63, 3.8) is 0 Å². The van der Waals surface area contributed by atoms with Gasteiger partial charge in [0.2, 0.25) is 0 Å². The Kier molecular flexibility index (Phi) is 4.04. The zero-order chi connectivity index (χ0) is 15.5. The number of nitrogens with one attached hydrogen (secondary N) is 1. The minimum atomic E-state index is 0.661. The summed E-state index contributed by atoms with van der Waals surface area (Å²) in [6, 6.07) is 10.5. The zero-order valence-corrected chi connectivity index (χ0v) is 13.3. The standard InChI is InChI=1S/C17H21N5/c1-4-15-12(2)19-17-20-13(3)21-22(17)16(15)18-11-10-14-8-6-5-7-9-14/h5-9,18H,4,10-11H2,1-3H3. The topological polar surface area (TPSA) is 55.1 Å². The van der Waals surface area contributed by atoms with E-state index in [9.17, 15) is 0 Å². The SMILES string of the molecule is CCc1c(C)nc2nc(C)nn2c1NCCc1ccccc1. The van der Waals surface area contributed by atoms with Crippen LogP contribution in [0.15, 0.2) is 30.3 Å². The molecule has 114 valence electrons. The number of rotatable bonds is 5. The van der Waals surface area contributed by atoms with E-state index in [1.807, 2.05) is 24.4 Å². The third kappa shape index (κ3) is 2.79. The van der Waals surface area contributed by atoms with Crippen molar-refractivity contribution in [3.05, 3.63) is 53.0 Å². The Morgan fingerprint density at radius 2 is 1.86 bits per heavy atom. The van der Waals surface area contributed by atoms with Gasteiger partial charge in [0.15, 0.2) is 0 Å². The maximum Gasteiger partial charge on any atom is 0.254 e. The predicted molar refractivity (Wildman–Crippen MR) is 88.3 cm³/mol. The molecule has 0 fully saturated rings. The third-order valence-electron chi connectivity index (χ3n) is 3.80. The average Bonchev–Trinajstić information content (AvgIpc) is 2.88. The van der Waals surface area contributed by atoms with Crippen molar-refractivity contribution in [3.8, 4) is 0 Å². The Labute approximate surface area is 130 Å². The van der Waals surface area contributed by atoms with Crippen LogP contribution < -0.4 is 5.32 Å². The first-order chi connectivity index (χ1) is 10.7. The Morgan fingerprint density at radius 3 is 2.59 bits per heavy atom. The van der Waals surface area contributed by atoms with Gasteiger partial charge in [-0.3, -0.25) is 0 Å². The fourth-order valence-electron chi connectivity index (χ4n) is 2.72. The summed E-state index contributed by atoms with van der Waals surface area (Å²) in [5.74, 6) is 2.42. The molecule has 0 aliphatic carbocycles. The molecule has 2 heterocycles. The van der Waals surface area contributed by atoms with Gasteiger partial charge in [-0.1, -0.05) is 37.3 Å².